The zero-order valence-corrected chi connectivity index (χ0v) is 10.4. The summed E-state index contributed by atoms with van der Waals surface area (Å²) in [7, 11) is 2.03. The van der Waals surface area contributed by atoms with E-state index in [1.165, 1.54) is 5.56 Å². The molecule has 0 heterocycles. The van der Waals surface area contributed by atoms with Crippen molar-refractivity contribution < 1.29 is 0 Å². The number of aryl methyl sites for hydroxylation is 1. The van der Waals surface area contributed by atoms with Gasteiger partial charge in [-0.3, -0.25) is 0 Å². The Hall–Kier alpha value is -1.96. The van der Waals surface area contributed by atoms with Crippen LogP contribution in [0.15, 0.2) is 48.5 Å². The molecule has 2 aromatic carbocycles. The number of anilines is 3. The lowest BCUT2D eigenvalue weighted by atomic mass is 10.1. The monoisotopic (exact) mass is 226 g/mol. The fourth-order valence-electron chi connectivity index (χ4n) is 1.89. The Morgan fingerprint density at radius 1 is 1.00 bits per heavy atom. The number of nitrogens with zero attached hydrogens (tertiary/aromatic N) is 1. The highest BCUT2D eigenvalue weighted by molar-refractivity contribution is 5.74. The molecule has 0 aliphatic carbocycles. The summed E-state index contributed by atoms with van der Waals surface area (Å²) >= 11 is 0. The maximum Gasteiger partial charge on any atom is 0.0641 e. The predicted octanol–water partition coefficient (Wildman–Crippen LogP) is 3.60. The van der Waals surface area contributed by atoms with E-state index >= 15 is 0 Å². The van der Waals surface area contributed by atoms with Crippen LogP contribution in [0.3, 0.4) is 0 Å². The standard InChI is InChI=1S/C15H18N2/c1-3-12-8-10-13(11-9-12)17(2)15-7-5-4-6-14(15)16/h4-11H,3,16H2,1-2H3. The Labute approximate surface area is 103 Å². The normalized spacial score (nSPS) is 10.2. The molecule has 2 aromatic rings. The molecule has 0 atom stereocenters. The van der Waals surface area contributed by atoms with Gasteiger partial charge in [-0.05, 0) is 36.2 Å². The van der Waals surface area contributed by atoms with Crippen molar-refractivity contribution in [3.05, 3.63) is 54.1 Å². The van der Waals surface area contributed by atoms with Crippen molar-refractivity contribution in [1.29, 1.82) is 0 Å². The fraction of sp³-hybridized carbons (Fsp3) is 0.200. The van der Waals surface area contributed by atoms with Crippen molar-refractivity contribution in [3.63, 3.8) is 0 Å². The van der Waals surface area contributed by atoms with Crippen LogP contribution in [0, 0.1) is 0 Å². The molecule has 2 heteroatoms. The lowest BCUT2D eigenvalue weighted by Crippen LogP contribution is -2.11. The largest absolute Gasteiger partial charge is 0.397 e. The van der Waals surface area contributed by atoms with Gasteiger partial charge in [0.1, 0.15) is 0 Å². The molecule has 0 spiro atoms. The zero-order chi connectivity index (χ0) is 12.3. The lowest BCUT2D eigenvalue weighted by molar-refractivity contribution is 1.13. The van der Waals surface area contributed by atoms with Crippen molar-refractivity contribution in [2.24, 2.45) is 0 Å². The van der Waals surface area contributed by atoms with Crippen molar-refractivity contribution >= 4 is 17.1 Å². The molecule has 0 amide bonds. The molecule has 0 radical (unpaired) electrons. The van der Waals surface area contributed by atoms with Gasteiger partial charge in [-0.1, -0.05) is 31.2 Å². The summed E-state index contributed by atoms with van der Waals surface area (Å²) in [6, 6.07) is 16.5. The zero-order valence-electron chi connectivity index (χ0n) is 10.4. The predicted molar refractivity (Wildman–Crippen MR) is 74.7 cm³/mol. The molecule has 0 saturated heterocycles. The molecular formula is C15H18N2. The molecule has 2 N–H and O–H groups in total. The van der Waals surface area contributed by atoms with Gasteiger partial charge >= 0.3 is 0 Å². The Morgan fingerprint density at radius 3 is 2.24 bits per heavy atom. The number of nitrogen functional groups attached to an aromatic ring is 1. The van der Waals surface area contributed by atoms with E-state index in [-0.39, 0.29) is 0 Å². The quantitative estimate of drug-likeness (QED) is 0.810. The van der Waals surface area contributed by atoms with Gasteiger partial charge in [0.05, 0.1) is 11.4 Å². The first kappa shape index (κ1) is 11.5. The summed E-state index contributed by atoms with van der Waals surface area (Å²) in [5.74, 6) is 0. The molecule has 0 bridgehead atoms. The summed E-state index contributed by atoms with van der Waals surface area (Å²) in [5, 5.41) is 0. The van der Waals surface area contributed by atoms with Crippen molar-refractivity contribution in [2.45, 2.75) is 13.3 Å². The summed E-state index contributed by atoms with van der Waals surface area (Å²) in [6.45, 7) is 2.16. The molecule has 0 aromatic heterocycles. The molecule has 17 heavy (non-hydrogen) atoms. The molecule has 0 saturated carbocycles. The number of benzene rings is 2. The van der Waals surface area contributed by atoms with Gasteiger partial charge in [0.15, 0.2) is 0 Å². The second kappa shape index (κ2) is 4.91. The number of hydrogen-bond donors (Lipinski definition) is 1. The lowest BCUT2D eigenvalue weighted by Gasteiger charge is -2.21. The van der Waals surface area contributed by atoms with E-state index in [2.05, 4.69) is 36.1 Å². The molecular weight excluding hydrogens is 208 g/mol. The molecule has 88 valence electrons. The Morgan fingerprint density at radius 2 is 1.65 bits per heavy atom. The first-order valence-corrected chi connectivity index (χ1v) is 5.89. The summed E-state index contributed by atoms with van der Waals surface area (Å²) in [4.78, 5) is 2.11. The number of rotatable bonds is 3. The third kappa shape index (κ3) is 2.41. The highest BCUT2D eigenvalue weighted by Crippen LogP contribution is 2.28. The van der Waals surface area contributed by atoms with E-state index < -0.39 is 0 Å². The average molecular weight is 226 g/mol. The molecule has 0 aliphatic rings. The van der Waals surface area contributed by atoms with E-state index in [1.807, 2.05) is 31.3 Å². The highest BCUT2D eigenvalue weighted by atomic mass is 15.1. The van der Waals surface area contributed by atoms with Gasteiger partial charge in [-0.25, -0.2) is 0 Å². The molecule has 0 fully saturated rings. The summed E-state index contributed by atoms with van der Waals surface area (Å²) < 4.78 is 0. The second-order valence-electron chi connectivity index (χ2n) is 4.14. The van der Waals surface area contributed by atoms with Crippen LogP contribution in [0.2, 0.25) is 0 Å². The minimum atomic E-state index is 0.801. The topological polar surface area (TPSA) is 29.3 Å². The third-order valence-corrected chi connectivity index (χ3v) is 3.03. The second-order valence-corrected chi connectivity index (χ2v) is 4.14. The maximum atomic E-state index is 5.97. The summed E-state index contributed by atoms with van der Waals surface area (Å²) in [5.41, 5.74) is 10.3. The Kier molecular flexibility index (Phi) is 3.33. The Balaban J connectivity index is 2.30. The number of hydrogen-bond acceptors (Lipinski definition) is 2. The van der Waals surface area contributed by atoms with Crippen molar-refractivity contribution in [3.8, 4) is 0 Å². The summed E-state index contributed by atoms with van der Waals surface area (Å²) in [6.07, 6.45) is 1.07. The van der Waals surface area contributed by atoms with Crippen LogP contribution in [-0.4, -0.2) is 7.05 Å². The van der Waals surface area contributed by atoms with Crippen LogP contribution >= 0.6 is 0 Å². The van der Waals surface area contributed by atoms with Crippen molar-refractivity contribution in [2.75, 3.05) is 17.7 Å². The number of para-hydroxylation sites is 2. The molecule has 0 aliphatic heterocycles. The Bertz CT molecular complexity index is 489. The molecule has 2 nitrogen and oxygen atoms in total. The smallest absolute Gasteiger partial charge is 0.0641 e. The fourth-order valence-corrected chi connectivity index (χ4v) is 1.89. The molecule has 2 rings (SSSR count). The SMILES string of the molecule is CCc1ccc(N(C)c2ccccc2N)cc1. The van der Waals surface area contributed by atoms with Crippen LogP contribution in [-0.2, 0) is 6.42 Å². The maximum absolute atomic E-state index is 5.97. The van der Waals surface area contributed by atoms with Gasteiger partial charge < -0.3 is 10.6 Å². The van der Waals surface area contributed by atoms with Crippen LogP contribution in [0.25, 0.3) is 0 Å². The van der Waals surface area contributed by atoms with Crippen LogP contribution in [0.5, 0.6) is 0 Å². The van der Waals surface area contributed by atoms with E-state index in [4.69, 9.17) is 5.73 Å². The van der Waals surface area contributed by atoms with Gasteiger partial charge in [-0.15, -0.1) is 0 Å². The minimum Gasteiger partial charge on any atom is -0.397 e. The first-order chi connectivity index (χ1) is 8.22. The average Bonchev–Trinajstić information content (AvgIpc) is 2.39. The van der Waals surface area contributed by atoms with Crippen molar-refractivity contribution in [1.82, 2.24) is 0 Å². The van der Waals surface area contributed by atoms with E-state index in [0.717, 1.165) is 23.5 Å². The van der Waals surface area contributed by atoms with E-state index in [1.54, 1.807) is 0 Å². The first-order valence-electron chi connectivity index (χ1n) is 5.89. The molecule has 0 unspecified atom stereocenters. The van der Waals surface area contributed by atoms with Crippen LogP contribution < -0.4 is 10.6 Å². The van der Waals surface area contributed by atoms with Crippen LogP contribution in [0.4, 0.5) is 17.1 Å². The van der Waals surface area contributed by atoms with Gasteiger partial charge in [0.25, 0.3) is 0 Å². The van der Waals surface area contributed by atoms with E-state index in [9.17, 15) is 0 Å². The van der Waals surface area contributed by atoms with E-state index in [0.29, 0.717) is 0 Å². The van der Waals surface area contributed by atoms with Crippen LogP contribution in [0.1, 0.15) is 12.5 Å². The van der Waals surface area contributed by atoms with Gasteiger partial charge in [0, 0.05) is 12.7 Å². The van der Waals surface area contributed by atoms with Gasteiger partial charge in [-0.2, -0.15) is 0 Å². The minimum absolute atomic E-state index is 0.801. The highest BCUT2D eigenvalue weighted by Gasteiger charge is 2.06. The third-order valence-electron chi connectivity index (χ3n) is 3.03. The van der Waals surface area contributed by atoms with Gasteiger partial charge in [0.2, 0.25) is 0 Å². The number of nitrogens with two attached hydrogens (primary N) is 1.